The minimum absolute atomic E-state index is 0.253. The highest BCUT2D eigenvalue weighted by molar-refractivity contribution is 5.54. The van der Waals surface area contributed by atoms with Gasteiger partial charge < -0.3 is 21.7 Å². The highest BCUT2D eigenvalue weighted by Crippen LogP contribution is 2.20. The van der Waals surface area contributed by atoms with Gasteiger partial charge in [0.15, 0.2) is 0 Å². The molecule has 0 spiro atoms. The van der Waals surface area contributed by atoms with Crippen molar-refractivity contribution in [3.05, 3.63) is 6.07 Å². The van der Waals surface area contributed by atoms with E-state index < -0.39 is 0 Å². The number of rotatable bonds is 3. The van der Waals surface area contributed by atoms with Crippen molar-refractivity contribution < 1.29 is 0 Å². The molecule has 82 valence electrons. The Morgan fingerprint density at radius 3 is 2.87 bits per heavy atom. The minimum Gasteiger partial charge on any atom is -0.370 e. The van der Waals surface area contributed by atoms with Crippen LogP contribution in [-0.2, 0) is 0 Å². The molecule has 1 fully saturated rings. The summed E-state index contributed by atoms with van der Waals surface area (Å²) in [4.78, 5) is 10.3. The summed E-state index contributed by atoms with van der Waals surface area (Å²) in [6, 6.07) is 2.15. The summed E-state index contributed by atoms with van der Waals surface area (Å²) in [7, 11) is 0. The molecule has 2 rings (SSSR count). The Balaban J connectivity index is 2.16. The smallest absolute Gasteiger partial charge is 0.223 e. The lowest BCUT2D eigenvalue weighted by Crippen LogP contribution is -2.56. The molecule has 6 heteroatoms. The Bertz CT molecular complexity index is 346. The topological polar surface area (TPSA) is 93.1 Å². The quantitative estimate of drug-likeness (QED) is 0.628. The highest BCUT2D eigenvalue weighted by Gasteiger charge is 2.24. The largest absolute Gasteiger partial charge is 0.370 e. The normalized spacial score (nSPS) is 16.3. The molecule has 0 bridgehead atoms. The van der Waals surface area contributed by atoms with Crippen molar-refractivity contribution in [2.24, 2.45) is 5.73 Å². The zero-order chi connectivity index (χ0) is 10.8. The van der Waals surface area contributed by atoms with E-state index in [9.17, 15) is 0 Å². The number of hydrogen-bond donors (Lipinski definition) is 3. The van der Waals surface area contributed by atoms with Crippen molar-refractivity contribution in [3.8, 4) is 0 Å². The van der Waals surface area contributed by atoms with Crippen LogP contribution in [0.1, 0.15) is 6.92 Å². The standard InChI is InChI=1S/C9H16N6/c1-2-12-7-3-8(14-9(11)13-7)15-4-6(10)5-15/h3,6H,2,4-5,10H2,1H3,(H3,11,12,13,14). The Hall–Kier alpha value is -1.56. The number of nitrogens with two attached hydrogens (primary N) is 2. The summed E-state index contributed by atoms with van der Waals surface area (Å²) in [5, 5.41) is 3.11. The first kappa shape index (κ1) is 9.97. The van der Waals surface area contributed by atoms with Crippen molar-refractivity contribution in [1.29, 1.82) is 0 Å². The van der Waals surface area contributed by atoms with E-state index in [1.165, 1.54) is 0 Å². The van der Waals surface area contributed by atoms with Crippen molar-refractivity contribution in [2.75, 3.05) is 35.6 Å². The van der Waals surface area contributed by atoms with Crippen LogP contribution < -0.4 is 21.7 Å². The molecule has 5 N–H and O–H groups in total. The van der Waals surface area contributed by atoms with Crippen molar-refractivity contribution in [2.45, 2.75) is 13.0 Å². The van der Waals surface area contributed by atoms with Gasteiger partial charge in [0.25, 0.3) is 0 Å². The molecule has 1 saturated heterocycles. The summed E-state index contributed by atoms with van der Waals surface area (Å²) < 4.78 is 0. The molecule has 15 heavy (non-hydrogen) atoms. The monoisotopic (exact) mass is 208 g/mol. The average molecular weight is 208 g/mol. The molecule has 2 heterocycles. The van der Waals surface area contributed by atoms with E-state index in [1.54, 1.807) is 0 Å². The molecule has 0 unspecified atom stereocenters. The van der Waals surface area contributed by atoms with Gasteiger partial charge in [-0.3, -0.25) is 0 Å². The van der Waals surface area contributed by atoms with Gasteiger partial charge in [0.05, 0.1) is 0 Å². The molecule has 1 aromatic rings. The van der Waals surface area contributed by atoms with Crippen LogP contribution in [0, 0.1) is 0 Å². The SMILES string of the molecule is CCNc1cc(N2CC(N)C2)nc(N)n1. The predicted octanol–water partition coefficient (Wildman–Crippen LogP) is -0.362. The fourth-order valence-corrected chi connectivity index (χ4v) is 1.59. The van der Waals surface area contributed by atoms with Crippen LogP contribution in [0.3, 0.4) is 0 Å². The Morgan fingerprint density at radius 1 is 1.53 bits per heavy atom. The zero-order valence-electron chi connectivity index (χ0n) is 8.77. The maximum atomic E-state index is 5.71. The first-order chi connectivity index (χ1) is 7.19. The number of nitrogens with one attached hydrogen (secondary N) is 1. The molecule has 1 aromatic heterocycles. The zero-order valence-corrected chi connectivity index (χ0v) is 8.77. The molecule has 1 aliphatic rings. The van der Waals surface area contributed by atoms with Gasteiger partial charge >= 0.3 is 0 Å². The van der Waals surface area contributed by atoms with Gasteiger partial charge in [-0.2, -0.15) is 9.97 Å². The fourth-order valence-electron chi connectivity index (χ4n) is 1.59. The van der Waals surface area contributed by atoms with Gasteiger partial charge in [-0.25, -0.2) is 0 Å². The van der Waals surface area contributed by atoms with Crippen LogP contribution in [0.15, 0.2) is 6.07 Å². The Morgan fingerprint density at radius 2 is 2.27 bits per heavy atom. The second-order valence-corrected chi connectivity index (χ2v) is 3.66. The molecular formula is C9H16N6. The van der Waals surface area contributed by atoms with Crippen LogP contribution >= 0.6 is 0 Å². The minimum atomic E-state index is 0.253. The van der Waals surface area contributed by atoms with E-state index in [4.69, 9.17) is 11.5 Å². The van der Waals surface area contributed by atoms with E-state index in [1.807, 2.05) is 13.0 Å². The molecule has 0 atom stereocenters. The molecule has 1 aliphatic heterocycles. The highest BCUT2D eigenvalue weighted by atomic mass is 15.3. The van der Waals surface area contributed by atoms with Gasteiger partial charge in [-0.15, -0.1) is 0 Å². The molecule has 0 amide bonds. The van der Waals surface area contributed by atoms with E-state index in [2.05, 4.69) is 20.2 Å². The molecule has 0 aliphatic carbocycles. The first-order valence-electron chi connectivity index (χ1n) is 5.08. The van der Waals surface area contributed by atoms with E-state index in [0.29, 0.717) is 5.95 Å². The summed E-state index contributed by atoms with van der Waals surface area (Å²) in [6.45, 7) is 4.50. The third-order valence-electron chi connectivity index (χ3n) is 2.32. The van der Waals surface area contributed by atoms with Crippen molar-refractivity contribution >= 4 is 17.6 Å². The summed E-state index contributed by atoms with van der Waals surface area (Å²) in [5.74, 6) is 1.91. The average Bonchev–Trinajstić information content (AvgIpc) is 2.12. The van der Waals surface area contributed by atoms with Gasteiger partial charge in [0.1, 0.15) is 11.6 Å². The number of nitrogen functional groups attached to an aromatic ring is 1. The van der Waals surface area contributed by atoms with Crippen molar-refractivity contribution in [3.63, 3.8) is 0 Å². The molecule has 0 radical (unpaired) electrons. The molecular weight excluding hydrogens is 192 g/mol. The second kappa shape index (κ2) is 3.90. The maximum Gasteiger partial charge on any atom is 0.223 e. The molecule has 0 saturated carbocycles. The van der Waals surface area contributed by atoms with Crippen LogP contribution in [0.2, 0.25) is 0 Å². The lowest BCUT2D eigenvalue weighted by Gasteiger charge is -2.37. The van der Waals surface area contributed by atoms with Gasteiger partial charge in [0.2, 0.25) is 5.95 Å². The summed E-state index contributed by atoms with van der Waals surface area (Å²) >= 11 is 0. The van der Waals surface area contributed by atoms with E-state index >= 15 is 0 Å². The first-order valence-corrected chi connectivity index (χ1v) is 5.08. The summed E-state index contributed by atoms with van der Waals surface area (Å²) in [5.41, 5.74) is 11.3. The Labute approximate surface area is 88.7 Å². The predicted molar refractivity (Wildman–Crippen MR) is 60.8 cm³/mol. The van der Waals surface area contributed by atoms with Crippen LogP contribution in [0.4, 0.5) is 17.6 Å². The lowest BCUT2D eigenvalue weighted by molar-refractivity contribution is 0.514. The number of anilines is 3. The van der Waals surface area contributed by atoms with Crippen LogP contribution in [0.5, 0.6) is 0 Å². The van der Waals surface area contributed by atoms with Crippen LogP contribution in [0.25, 0.3) is 0 Å². The second-order valence-electron chi connectivity index (χ2n) is 3.66. The Kier molecular flexibility index (Phi) is 2.59. The molecule has 0 aromatic carbocycles. The fraction of sp³-hybridized carbons (Fsp3) is 0.556. The van der Waals surface area contributed by atoms with E-state index in [-0.39, 0.29) is 6.04 Å². The van der Waals surface area contributed by atoms with E-state index in [0.717, 1.165) is 31.3 Å². The molecule has 6 nitrogen and oxygen atoms in total. The third-order valence-corrected chi connectivity index (χ3v) is 2.32. The maximum absolute atomic E-state index is 5.71. The summed E-state index contributed by atoms with van der Waals surface area (Å²) in [6.07, 6.45) is 0. The number of hydrogen-bond acceptors (Lipinski definition) is 6. The number of nitrogens with zero attached hydrogens (tertiary/aromatic N) is 3. The van der Waals surface area contributed by atoms with Gasteiger partial charge in [0, 0.05) is 31.7 Å². The lowest BCUT2D eigenvalue weighted by atomic mass is 10.1. The van der Waals surface area contributed by atoms with Gasteiger partial charge in [-0.1, -0.05) is 0 Å². The number of aromatic nitrogens is 2. The third kappa shape index (κ3) is 2.10. The van der Waals surface area contributed by atoms with Crippen LogP contribution in [-0.4, -0.2) is 35.6 Å². The van der Waals surface area contributed by atoms with Crippen molar-refractivity contribution in [1.82, 2.24) is 9.97 Å². The van der Waals surface area contributed by atoms with Gasteiger partial charge in [-0.05, 0) is 6.92 Å².